The van der Waals surface area contributed by atoms with Crippen molar-refractivity contribution in [1.29, 1.82) is 0 Å². The number of aromatic nitrogens is 4. The fourth-order valence-electron chi connectivity index (χ4n) is 11.8. The fraction of sp³-hybridized carbons (Fsp3) is 0.260. The monoisotopic (exact) mass is 1220 g/mol. The number of imidazole rings is 1. The summed E-state index contributed by atoms with van der Waals surface area (Å²) in [5, 5.41) is 2.05. The molecule has 79 heavy (non-hydrogen) atoms. The molecule has 0 bridgehead atoms. The van der Waals surface area contributed by atoms with Crippen LogP contribution in [0.15, 0.2) is 170 Å². The van der Waals surface area contributed by atoms with Crippen LogP contribution in [0.1, 0.15) is 126 Å². The number of benzene rings is 8. The van der Waals surface area contributed by atoms with Gasteiger partial charge in [-0.05, 0) is 64.8 Å². The Balaban J connectivity index is 1.00. The molecule has 0 aliphatic heterocycles. The van der Waals surface area contributed by atoms with Gasteiger partial charge in [-0.15, -0.1) is 0 Å². The summed E-state index contributed by atoms with van der Waals surface area (Å²) in [6, 6.07) is 65.3. The molecule has 1 aliphatic carbocycles. The standard InChI is InChI=1S/C73H70N4O.Pt/c1-47-37-68(74-45-62(47)49-30-32-52(33-31-49)70(2,3)4)77-66-43-57(34-35-60(66)61-40-50-23-20-36-73(11,12)63(50)44-67(61)77)78-56-25-18-24-55(42-56)75-46-76(65-29-17-16-28-64(65)75)69-58(48-21-14-13-15-22-48)26-19-27-59(69)51-38-53(71(5,6)7)41-54(39-51)72(8,9)10;/h13-19,21-22,24-35,37-41,44-45H,20,23,36H2,1-12H3;/q-2;/i1D3;. The molecule has 3 heterocycles. The van der Waals surface area contributed by atoms with Gasteiger partial charge in [-0.2, -0.15) is 0 Å². The molecule has 0 fully saturated rings. The van der Waals surface area contributed by atoms with Crippen molar-refractivity contribution >= 4 is 32.8 Å². The summed E-state index contributed by atoms with van der Waals surface area (Å²) in [4.78, 5) is 5.12. The molecule has 3 aromatic heterocycles. The molecule has 0 amide bonds. The summed E-state index contributed by atoms with van der Waals surface area (Å²) in [6.45, 7) is 22.5. The van der Waals surface area contributed by atoms with Crippen LogP contribution in [0.25, 0.3) is 83.4 Å². The Morgan fingerprint density at radius 3 is 1.87 bits per heavy atom. The van der Waals surface area contributed by atoms with E-state index in [9.17, 15) is 0 Å². The number of para-hydroxylation sites is 3. The van der Waals surface area contributed by atoms with Crippen LogP contribution in [-0.4, -0.2) is 18.7 Å². The molecule has 0 atom stereocenters. The maximum absolute atomic E-state index is 8.87. The molecule has 400 valence electrons. The Hall–Kier alpha value is -7.33. The number of rotatable bonds is 8. The fourth-order valence-corrected chi connectivity index (χ4v) is 12.8. The van der Waals surface area contributed by atoms with Crippen molar-refractivity contribution in [2.24, 2.45) is 0 Å². The molecule has 0 unspecified atom stereocenters. The van der Waals surface area contributed by atoms with Gasteiger partial charge in [-0.1, -0.05) is 58.9 Å². The zero-order valence-electron chi connectivity index (χ0n) is 50.3. The molecule has 11 aromatic rings. The first-order chi connectivity index (χ1) is 38.8. The number of pyridine rings is 1. The van der Waals surface area contributed by atoms with E-state index in [-0.39, 0.29) is 27.2 Å². The van der Waals surface area contributed by atoms with E-state index in [0.717, 1.165) is 89.5 Å². The first kappa shape index (κ1) is 48.8. The maximum atomic E-state index is 8.87. The number of nitrogens with zero attached hydrogens (tertiary/aromatic N) is 4. The summed E-state index contributed by atoms with van der Waals surface area (Å²) in [5.41, 5.74) is 18.1. The molecule has 0 saturated carbocycles. The smallest absolute Gasteiger partial charge is 0.0579 e. The third-order valence-corrected chi connectivity index (χ3v) is 17.3. The van der Waals surface area contributed by atoms with Crippen molar-refractivity contribution < 1.29 is 28.2 Å². The van der Waals surface area contributed by atoms with Gasteiger partial charge in [0.2, 0.25) is 0 Å². The van der Waals surface area contributed by atoms with Gasteiger partial charge in [-0.25, -0.2) is 0 Å². The first-order valence-electron chi connectivity index (χ1n) is 29.2. The van der Waals surface area contributed by atoms with Gasteiger partial charge in [0.1, 0.15) is 0 Å². The third-order valence-electron chi connectivity index (χ3n) is 16.3. The average Bonchev–Trinajstić information content (AvgIpc) is 2.96. The molecule has 0 saturated heterocycles. The molecular formula is C73H70N4OPt-2. The minimum Gasteiger partial charge on any atom is -0.0579 e. The summed E-state index contributed by atoms with van der Waals surface area (Å²) >= 11 is 2.50. The van der Waals surface area contributed by atoms with Crippen LogP contribution < -0.4 is 4.74 Å². The topological polar surface area (TPSA) is 36.9 Å². The van der Waals surface area contributed by atoms with Gasteiger partial charge >= 0.3 is 346 Å². The second-order valence-corrected chi connectivity index (χ2v) is 26.4. The SMILES string of the molecule is [2H]C([2H])([2H])c1cc(-n2c3[c-]c(Oc4[c-]c(-n5[c](=[Pt])n(-c6c(-c7ccccc7)cccc6-c6cc(C(C)(C)C)cc(C(C)(C)C)c6)c6ccccc65)ccc4)ccc3c3cc4c(cc32)C(C)(C)CCC4)ncc1-c1ccc(C(C)(C)C)cc1. The molecule has 5 nitrogen and oxygen atoms in total. The summed E-state index contributed by atoms with van der Waals surface area (Å²) < 4.78 is 41.2. The molecule has 0 spiro atoms. The predicted molar refractivity (Wildman–Crippen MR) is 325 cm³/mol. The number of aryl methyl sites for hydroxylation is 2. The molecule has 8 aromatic carbocycles. The zero-order chi connectivity index (χ0) is 57.8. The number of hydrogen-bond donors (Lipinski definition) is 0. The summed E-state index contributed by atoms with van der Waals surface area (Å²) in [7, 11) is 0. The Kier molecular flexibility index (Phi) is 12.0. The van der Waals surface area contributed by atoms with E-state index in [2.05, 4.69) is 249 Å². The third kappa shape index (κ3) is 9.56. The van der Waals surface area contributed by atoms with E-state index in [1.165, 1.54) is 33.4 Å². The van der Waals surface area contributed by atoms with Crippen LogP contribution in [0.5, 0.6) is 11.5 Å². The zero-order valence-corrected chi connectivity index (χ0v) is 49.6. The summed E-state index contributed by atoms with van der Waals surface area (Å²) in [5.74, 6) is 1.53. The van der Waals surface area contributed by atoms with Gasteiger partial charge in [0.25, 0.3) is 0 Å². The Bertz CT molecular complexity index is 4330. The number of hydrogen-bond acceptors (Lipinski definition) is 2. The van der Waals surface area contributed by atoms with E-state index >= 15 is 0 Å². The normalized spacial score (nSPS) is 14.6. The van der Waals surface area contributed by atoms with Gasteiger partial charge in [0, 0.05) is 15.9 Å². The van der Waals surface area contributed by atoms with Crippen molar-refractivity contribution in [3.8, 4) is 62.1 Å². The number of ether oxygens (including phenoxy) is 1. The van der Waals surface area contributed by atoms with E-state index in [4.69, 9.17) is 13.8 Å². The second-order valence-electron chi connectivity index (χ2n) is 25.4. The van der Waals surface area contributed by atoms with Crippen LogP contribution in [-0.2, 0) is 47.4 Å². The van der Waals surface area contributed by atoms with E-state index in [1.54, 1.807) is 12.3 Å². The van der Waals surface area contributed by atoms with Crippen molar-refractivity contribution in [3.05, 3.63) is 219 Å². The van der Waals surface area contributed by atoms with Crippen LogP contribution >= 0.6 is 0 Å². The summed E-state index contributed by atoms with van der Waals surface area (Å²) in [6.07, 6.45) is 4.94. The van der Waals surface area contributed by atoms with Crippen molar-refractivity contribution in [3.63, 3.8) is 0 Å². The molecule has 0 N–H and O–H groups in total. The van der Waals surface area contributed by atoms with Crippen LogP contribution in [0.2, 0.25) is 0 Å². The molecule has 1 aliphatic rings. The predicted octanol–water partition coefficient (Wildman–Crippen LogP) is 19.2. The van der Waals surface area contributed by atoms with Gasteiger partial charge in [-0.3, -0.25) is 0 Å². The van der Waals surface area contributed by atoms with Gasteiger partial charge in [0.15, 0.2) is 0 Å². The first-order valence-corrected chi connectivity index (χ1v) is 28.9. The number of fused-ring (bicyclic) bond motifs is 5. The minimum absolute atomic E-state index is 0.0355. The van der Waals surface area contributed by atoms with Crippen LogP contribution in [0.3, 0.4) is 0 Å². The Labute approximate surface area is 482 Å². The van der Waals surface area contributed by atoms with Gasteiger partial charge in [0.05, 0.1) is 0 Å². The van der Waals surface area contributed by atoms with E-state index in [1.807, 2.05) is 30.3 Å². The van der Waals surface area contributed by atoms with Crippen molar-refractivity contribution in [2.45, 2.75) is 124 Å². The van der Waals surface area contributed by atoms with Gasteiger partial charge < -0.3 is 0 Å². The van der Waals surface area contributed by atoms with E-state index < -0.39 is 6.85 Å². The molecule has 12 rings (SSSR count). The van der Waals surface area contributed by atoms with Crippen molar-refractivity contribution in [1.82, 2.24) is 18.7 Å². The Morgan fingerprint density at radius 2 is 1.19 bits per heavy atom. The minimum atomic E-state index is -2.42. The van der Waals surface area contributed by atoms with E-state index in [0.29, 0.717) is 22.9 Å². The van der Waals surface area contributed by atoms with Crippen LogP contribution in [0, 0.1) is 22.8 Å². The Morgan fingerprint density at radius 1 is 0.557 bits per heavy atom. The quantitative estimate of drug-likeness (QED) is 0.142. The average molecular weight is 1220 g/mol. The molecule has 6 heteroatoms. The second kappa shape index (κ2) is 19.5. The molecular weight excluding hydrogens is 1140 g/mol. The van der Waals surface area contributed by atoms with Crippen LogP contribution in [0.4, 0.5) is 0 Å². The van der Waals surface area contributed by atoms with Crippen molar-refractivity contribution in [2.75, 3.05) is 0 Å². The molecule has 0 radical (unpaired) electrons.